The molecule has 2 amide bonds. The van der Waals surface area contributed by atoms with Crippen LogP contribution in [0.15, 0.2) is 60.7 Å². The first-order chi connectivity index (χ1) is 14.2. The molecule has 162 valence electrons. The lowest BCUT2D eigenvalue weighted by molar-refractivity contribution is -0.124. The van der Waals surface area contributed by atoms with Crippen molar-refractivity contribution in [3.63, 3.8) is 0 Å². The zero-order valence-electron chi connectivity index (χ0n) is 17.3. The number of carbonyl (C=O) groups excluding carboxylic acids is 2. The van der Waals surface area contributed by atoms with Crippen LogP contribution in [0.4, 0.5) is 0 Å². The van der Waals surface area contributed by atoms with E-state index in [0.29, 0.717) is 24.4 Å². The maximum atomic E-state index is 13.1. The Morgan fingerprint density at radius 1 is 0.900 bits per heavy atom. The predicted octanol–water partition coefficient (Wildman–Crippen LogP) is 3.47. The van der Waals surface area contributed by atoms with Gasteiger partial charge in [0.05, 0.1) is 0 Å². The first-order valence-electron chi connectivity index (χ1n) is 10.6. The van der Waals surface area contributed by atoms with Crippen molar-refractivity contribution in [2.45, 2.75) is 50.6 Å². The van der Waals surface area contributed by atoms with Crippen LogP contribution in [-0.2, 0) is 11.2 Å². The van der Waals surface area contributed by atoms with Crippen LogP contribution in [0.2, 0.25) is 0 Å². The van der Waals surface area contributed by atoms with Crippen LogP contribution in [0.3, 0.4) is 0 Å². The fourth-order valence-electron chi connectivity index (χ4n) is 4.08. The Hall–Kier alpha value is -2.37. The molecule has 1 aliphatic rings. The Bertz CT molecular complexity index is 780. The molecule has 3 rings (SSSR count). The van der Waals surface area contributed by atoms with Gasteiger partial charge in [0, 0.05) is 24.6 Å². The molecule has 4 N–H and O–H groups in total. The van der Waals surface area contributed by atoms with Gasteiger partial charge >= 0.3 is 0 Å². The molecule has 6 heteroatoms. The Kier molecular flexibility index (Phi) is 9.84. The third kappa shape index (κ3) is 6.85. The van der Waals surface area contributed by atoms with Crippen molar-refractivity contribution in [3.05, 3.63) is 71.8 Å². The maximum Gasteiger partial charge on any atom is 0.251 e. The largest absolute Gasteiger partial charge is 0.350 e. The smallest absolute Gasteiger partial charge is 0.251 e. The monoisotopic (exact) mass is 429 g/mol. The fraction of sp³-hybridized carbons (Fsp3) is 0.417. The molecular weight excluding hydrogens is 398 g/mol. The second-order valence-electron chi connectivity index (χ2n) is 7.83. The van der Waals surface area contributed by atoms with Gasteiger partial charge in [0.25, 0.3) is 5.91 Å². The molecular formula is C24H32ClN3O2. The average molecular weight is 430 g/mol. The summed E-state index contributed by atoms with van der Waals surface area (Å²) in [5, 5.41) is 6.06. The molecule has 0 bridgehead atoms. The summed E-state index contributed by atoms with van der Waals surface area (Å²) in [4.78, 5) is 25.8. The Morgan fingerprint density at radius 2 is 1.50 bits per heavy atom. The standard InChI is InChI=1S/C24H31N3O2.ClH/c25-17-22(19-12-6-2-7-13-19)27-24(29)21(16-18-10-4-1-5-11-18)26-23(28)20-14-8-3-9-15-20;/h1,3-5,8-11,14-15,19,21-22H,2,6-7,12-13,16-17,25H2,(H,26,28)(H,27,29);1H. The normalized spacial score (nSPS) is 16.0. The zero-order valence-corrected chi connectivity index (χ0v) is 18.1. The highest BCUT2D eigenvalue weighted by Crippen LogP contribution is 2.26. The predicted molar refractivity (Wildman–Crippen MR) is 123 cm³/mol. The Balaban J connectivity index is 0.00000320. The molecule has 0 aliphatic heterocycles. The Labute approximate surface area is 185 Å². The maximum absolute atomic E-state index is 13.1. The van der Waals surface area contributed by atoms with Crippen molar-refractivity contribution in [2.75, 3.05) is 6.54 Å². The van der Waals surface area contributed by atoms with Gasteiger partial charge < -0.3 is 16.4 Å². The first kappa shape index (κ1) is 23.9. The number of halogens is 1. The van der Waals surface area contributed by atoms with Crippen molar-refractivity contribution < 1.29 is 9.59 Å². The van der Waals surface area contributed by atoms with Crippen LogP contribution in [-0.4, -0.2) is 30.4 Å². The van der Waals surface area contributed by atoms with Crippen LogP contribution in [0, 0.1) is 5.92 Å². The van der Waals surface area contributed by atoms with Gasteiger partial charge in [-0.1, -0.05) is 67.8 Å². The van der Waals surface area contributed by atoms with E-state index in [-0.39, 0.29) is 30.3 Å². The molecule has 2 atom stereocenters. The third-order valence-corrected chi connectivity index (χ3v) is 5.74. The molecule has 30 heavy (non-hydrogen) atoms. The second-order valence-corrected chi connectivity index (χ2v) is 7.83. The van der Waals surface area contributed by atoms with Gasteiger partial charge in [-0.15, -0.1) is 12.4 Å². The summed E-state index contributed by atoms with van der Waals surface area (Å²) < 4.78 is 0. The molecule has 0 radical (unpaired) electrons. The van der Waals surface area contributed by atoms with Gasteiger partial charge in [-0.05, 0) is 36.5 Å². The zero-order chi connectivity index (χ0) is 20.5. The minimum Gasteiger partial charge on any atom is -0.350 e. The van der Waals surface area contributed by atoms with Crippen molar-refractivity contribution in [2.24, 2.45) is 11.7 Å². The highest BCUT2D eigenvalue weighted by Gasteiger charge is 2.28. The van der Waals surface area contributed by atoms with E-state index in [4.69, 9.17) is 5.73 Å². The van der Waals surface area contributed by atoms with Gasteiger partial charge in [-0.3, -0.25) is 9.59 Å². The van der Waals surface area contributed by atoms with Gasteiger partial charge in [0.2, 0.25) is 5.91 Å². The van der Waals surface area contributed by atoms with Gasteiger partial charge in [0.1, 0.15) is 6.04 Å². The minimum absolute atomic E-state index is 0. The van der Waals surface area contributed by atoms with Gasteiger partial charge in [-0.2, -0.15) is 0 Å². The summed E-state index contributed by atoms with van der Waals surface area (Å²) in [6.45, 7) is 0.418. The number of amides is 2. The van der Waals surface area contributed by atoms with E-state index in [2.05, 4.69) is 10.6 Å². The van der Waals surface area contributed by atoms with Crippen molar-refractivity contribution in [3.8, 4) is 0 Å². The number of hydrogen-bond donors (Lipinski definition) is 3. The molecule has 0 aromatic heterocycles. The van der Waals surface area contributed by atoms with Crippen LogP contribution in [0.5, 0.6) is 0 Å². The van der Waals surface area contributed by atoms with Crippen molar-refractivity contribution in [1.29, 1.82) is 0 Å². The van der Waals surface area contributed by atoms with E-state index < -0.39 is 6.04 Å². The summed E-state index contributed by atoms with van der Waals surface area (Å²) in [6, 6.07) is 18.0. The topological polar surface area (TPSA) is 84.2 Å². The summed E-state index contributed by atoms with van der Waals surface area (Å²) in [6.07, 6.45) is 6.27. The highest BCUT2D eigenvalue weighted by atomic mass is 35.5. The lowest BCUT2D eigenvalue weighted by Crippen LogP contribution is -2.54. The van der Waals surface area contributed by atoms with Crippen molar-refractivity contribution in [1.82, 2.24) is 10.6 Å². The molecule has 1 aliphatic carbocycles. The Morgan fingerprint density at radius 3 is 2.10 bits per heavy atom. The van der Waals surface area contributed by atoms with Gasteiger partial charge in [-0.25, -0.2) is 0 Å². The number of benzene rings is 2. The van der Waals surface area contributed by atoms with Gasteiger partial charge in [0.15, 0.2) is 0 Å². The van der Waals surface area contributed by atoms with E-state index in [1.165, 1.54) is 19.3 Å². The van der Waals surface area contributed by atoms with Crippen LogP contribution < -0.4 is 16.4 Å². The minimum atomic E-state index is -0.650. The summed E-state index contributed by atoms with van der Waals surface area (Å²) in [5.74, 6) is 0.00250. The van der Waals surface area contributed by atoms with E-state index >= 15 is 0 Å². The molecule has 2 aromatic rings. The number of carbonyl (C=O) groups is 2. The molecule has 1 fully saturated rings. The summed E-state index contributed by atoms with van der Waals surface area (Å²) in [7, 11) is 0. The van der Waals surface area contributed by atoms with E-state index in [1.807, 2.05) is 48.5 Å². The number of hydrogen-bond acceptors (Lipinski definition) is 3. The molecule has 0 heterocycles. The molecule has 2 unspecified atom stereocenters. The van der Waals surface area contributed by atoms with E-state index in [1.54, 1.807) is 12.1 Å². The van der Waals surface area contributed by atoms with Crippen LogP contribution in [0.25, 0.3) is 0 Å². The number of nitrogens with two attached hydrogens (primary N) is 1. The molecule has 5 nitrogen and oxygen atoms in total. The molecule has 2 aromatic carbocycles. The SMILES string of the molecule is Cl.NCC(NC(=O)C(Cc1ccccc1)NC(=O)c1ccccc1)C1CCCCC1. The fourth-order valence-corrected chi connectivity index (χ4v) is 4.08. The van der Waals surface area contributed by atoms with E-state index in [9.17, 15) is 9.59 Å². The first-order valence-corrected chi connectivity index (χ1v) is 10.6. The average Bonchev–Trinajstić information content (AvgIpc) is 2.78. The van der Waals surface area contributed by atoms with Crippen LogP contribution in [0.1, 0.15) is 48.0 Å². The van der Waals surface area contributed by atoms with E-state index in [0.717, 1.165) is 18.4 Å². The molecule has 0 spiro atoms. The van der Waals surface area contributed by atoms with Crippen molar-refractivity contribution >= 4 is 24.2 Å². The van der Waals surface area contributed by atoms with Crippen LogP contribution >= 0.6 is 12.4 Å². The highest BCUT2D eigenvalue weighted by molar-refractivity contribution is 5.97. The lowest BCUT2D eigenvalue weighted by Gasteiger charge is -2.31. The summed E-state index contributed by atoms with van der Waals surface area (Å²) in [5.41, 5.74) is 7.54. The molecule has 0 saturated heterocycles. The quantitative estimate of drug-likeness (QED) is 0.600. The summed E-state index contributed by atoms with van der Waals surface area (Å²) >= 11 is 0. The number of nitrogens with one attached hydrogen (secondary N) is 2. The lowest BCUT2D eigenvalue weighted by atomic mass is 9.83. The second kappa shape index (κ2) is 12.4. The third-order valence-electron chi connectivity index (χ3n) is 5.74. The molecule has 1 saturated carbocycles. The number of rotatable bonds is 8.